The molecule has 25 heavy (non-hydrogen) atoms. The average molecular weight is 330 g/mol. The van der Waals surface area contributed by atoms with Crippen molar-refractivity contribution < 1.29 is 4.79 Å². The quantitative estimate of drug-likeness (QED) is 0.738. The maximum Gasteiger partial charge on any atom is 0.222 e. The lowest BCUT2D eigenvalue weighted by Crippen LogP contribution is -2.38. The molecule has 1 aliphatic rings. The van der Waals surface area contributed by atoms with E-state index in [4.69, 9.17) is 0 Å². The normalized spacial score (nSPS) is 17.8. The summed E-state index contributed by atoms with van der Waals surface area (Å²) >= 11 is 0. The Balaban J connectivity index is 1.60. The molecule has 1 saturated heterocycles. The van der Waals surface area contributed by atoms with Gasteiger partial charge in [0.1, 0.15) is 0 Å². The highest BCUT2D eigenvalue weighted by Crippen LogP contribution is 2.33. The molecule has 0 radical (unpaired) electrons. The molecular weight excluding hydrogens is 308 g/mol. The van der Waals surface area contributed by atoms with Crippen molar-refractivity contribution in [1.29, 1.82) is 0 Å². The smallest absolute Gasteiger partial charge is 0.222 e. The highest BCUT2D eigenvalue weighted by atomic mass is 16.2. The zero-order valence-electron chi connectivity index (χ0n) is 14.2. The van der Waals surface area contributed by atoms with E-state index in [0.29, 0.717) is 18.9 Å². The molecule has 1 amide bonds. The third kappa shape index (κ3) is 3.10. The van der Waals surface area contributed by atoms with Crippen molar-refractivity contribution in [2.45, 2.75) is 25.3 Å². The molecule has 126 valence electrons. The largest absolute Gasteiger partial charge is 0.361 e. The van der Waals surface area contributed by atoms with Gasteiger partial charge in [-0.3, -0.25) is 4.79 Å². The zero-order chi connectivity index (χ0) is 17.2. The summed E-state index contributed by atoms with van der Waals surface area (Å²) in [6, 6.07) is 16.6. The number of nitrogens with zero attached hydrogens (tertiary/aromatic N) is 1. The van der Waals surface area contributed by atoms with Crippen molar-refractivity contribution in [3.63, 3.8) is 0 Å². The summed E-state index contributed by atoms with van der Waals surface area (Å²) in [6.07, 6.45) is 5.52. The van der Waals surface area contributed by atoms with Crippen molar-refractivity contribution in [3.05, 3.63) is 78.0 Å². The van der Waals surface area contributed by atoms with Gasteiger partial charge < -0.3 is 9.88 Å². The number of nitrogens with one attached hydrogen (secondary N) is 1. The maximum absolute atomic E-state index is 12.4. The number of H-pyrrole nitrogens is 1. The van der Waals surface area contributed by atoms with Gasteiger partial charge in [0.25, 0.3) is 0 Å². The molecule has 1 aliphatic heterocycles. The molecule has 3 aromatic rings. The van der Waals surface area contributed by atoms with Crippen molar-refractivity contribution in [2.24, 2.45) is 0 Å². The van der Waals surface area contributed by atoms with E-state index in [-0.39, 0.29) is 5.91 Å². The molecule has 0 bridgehead atoms. The summed E-state index contributed by atoms with van der Waals surface area (Å²) < 4.78 is 0. The van der Waals surface area contributed by atoms with Gasteiger partial charge in [0.2, 0.25) is 5.91 Å². The molecule has 1 aromatic heterocycles. The molecule has 0 spiro atoms. The number of hydrogen-bond acceptors (Lipinski definition) is 1. The number of likely N-dealkylation sites (tertiary alicyclic amines) is 1. The van der Waals surface area contributed by atoms with E-state index in [9.17, 15) is 4.79 Å². The Morgan fingerprint density at radius 1 is 1.20 bits per heavy atom. The fourth-order valence-electron chi connectivity index (χ4n) is 3.75. The highest BCUT2D eigenvalue weighted by molar-refractivity contribution is 5.86. The standard InChI is InChI=1S/C22H22N2O/c1-2-16-8-10-21-19(12-16)20(13-23-21)18-9-11-22(25)24(15-18)14-17-6-4-3-5-7-17/h2-8,10,12-13,18,23H,1,9,11,14-15H2/t18-/m0/s1. The van der Waals surface area contributed by atoms with Gasteiger partial charge in [-0.25, -0.2) is 0 Å². The molecule has 4 rings (SSSR count). The van der Waals surface area contributed by atoms with Crippen LogP contribution in [-0.2, 0) is 11.3 Å². The van der Waals surface area contributed by atoms with Gasteiger partial charge in [0.15, 0.2) is 0 Å². The molecule has 3 nitrogen and oxygen atoms in total. The first-order valence-corrected chi connectivity index (χ1v) is 8.80. The van der Waals surface area contributed by atoms with E-state index in [2.05, 4.69) is 48.1 Å². The number of fused-ring (bicyclic) bond motifs is 1. The van der Waals surface area contributed by atoms with Crippen LogP contribution in [0, 0.1) is 0 Å². The van der Waals surface area contributed by atoms with Crippen LogP contribution < -0.4 is 0 Å². The summed E-state index contributed by atoms with van der Waals surface area (Å²) in [6.45, 7) is 5.34. The molecule has 0 saturated carbocycles. The second kappa shape index (κ2) is 6.60. The summed E-state index contributed by atoms with van der Waals surface area (Å²) in [5.74, 6) is 0.627. The third-order valence-corrected chi connectivity index (χ3v) is 5.13. The molecule has 1 atom stereocenters. The second-order valence-corrected chi connectivity index (χ2v) is 6.75. The van der Waals surface area contributed by atoms with Crippen LogP contribution in [0.5, 0.6) is 0 Å². The van der Waals surface area contributed by atoms with Gasteiger partial charge in [-0.2, -0.15) is 0 Å². The van der Waals surface area contributed by atoms with Crippen LogP contribution >= 0.6 is 0 Å². The van der Waals surface area contributed by atoms with Gasteiger partial charge >= 0.3 is 0 Å². The van der Waals surface area contributed by atoms with Gasteiger partial charge in [0, 0.05) is 42.5 Å². The van der Waals surface area contributed by atoms with Crippen molar-refractivity contribution in [3.8, 4) is 0 Å². The second-order valence-electron chi connectivity index (χ2n) is 6.75. The zero-order valence-corrected chi connectivity index (χ0v) is 14.2. The average Bonchev–Trinajstić information content (AvgIpc) is 3.07. The van der Waals surface area contributed by atoms with Crippen LogP contribution in [0.15, 0.2) is 61.3 Å². The van der Waals surface area contributed by atoms with E-state index in [1.165, 1.54) is 16.5 Å². The summed E-state index contributed by atoms with van der Waals surface area (Å²) in [7, 11) is 0. The van der Waals surface area contributed by atoms with Crippen molar-refractivity contribution in [1.82, 2.24) is 9.88 Å². The van der Waals surface area contributed by atoms with E-state index < -0.39 is 0 Å². The predicted octanol–water partition coefficient (Wildman–Crippen LogP) is 4.72. The minimum atomic E-state index is 0.256. The van der Waals surface area contributed by atoms with Gasteiger partial charge in [-0.05, 0) is 35.2 Å². The Labute approximate surface area is 148 Å². The molecule has 0 aliphatic carbocycles. The Bertz CT molecular complexity index is 910. The lowest BCUT2D eigenvalue weighted by Gasteiger charge is -2.32. The highest BCUT2D eigenvalue weighted by Gasteiger charge is 2.28. The van der Waals surface area contributed by atoms with Crippen LogP contribution in [0.25, 0.3) is 17.0 Å². The number of carbonyl (C=O) groups is 1. The maximum atomic E-state index is 12.4. The van der Waals surface area contributed by atoms with Crippen LogP contribution in [0.3, 0.4) is 0 Å². The minimum Gasteiger partial charge on any atom is -0.361 e. The van der Waals surface area contributed by atoms with Crippen molar-refractivity contribution in [2.75, 3.05) is 6.54 Å². The van der Waals surface area contributed by atoms with Gasteiger partial charge in [-0.15, -0.1) is 0 Å². The molecule has 2 heterocycles. The lowest BCUT2D eigenvalue weighted by atomic mass is 9.89. The molecule has 2 aromatic carbocycles. The number of aromatic nitrogens is 1. The summed E-state index contributed by atoms with van der Waals surface area (Å²) in [5.41, 5.74) is 4.77. The van der Waals surface area contributed by atoms with E-state index in [0.717, 1.165) is 24.0 Å². The fraction of sp³-hybridized carbons (Fsp3) is 0.227. The Kier molecular flexibility index (Phi) is 4.14. The van der Waals surface area contributed by atoms with Gasteiger partial charge in [0.05, 0.1) is 0 Å². The molecule has 0 unspecified atom stereocenters. The van der Waals surface area contributed by atoms with E-state index in [1.54, 1.807) is 0 Å². The lowest BCUT2D eigenvalue weighted by molar-refractivity contribution is -0.134. The summed E-state index contributed by atoms with van der Waals surface area (Å²) in [5, 5.41) is 1.25. The molecule has 1 N–H and O–H groups in total. The SMILES string of the molecule is C=Cc1ccc2[nH]cc([C@H]3CCC(=O)N(Cc4ccccc4)C3)c2c1. The number of hydrogen-bond donors (Lipinski definition) is 1. The first-order chi connectivity index (χ1) is 12.2. The molecule has 3 heteroatoms. The monoisotopic (exact) mass is 330 g/mol. The number of carbonyl (C=O) groups excluding carboxylic acids is 1. The molecular formula is C22H22N2O. The summed E-state index contributed by atoms with van der Waals surface area (Å²) in [4.78, 5) is 17.8. The number of aromatic amines is 1. The Morgan fingerprint density at radius 2 is 2.04 bits per heavy atom. The number of amides is 1. The van der Waals surface area contributed by atoms with Crippen molar-refractivity contribution >= 4 is 22.9 Å². The van der Waals surface area contributed by atoms with E-state index >= 15 is 0 Å². The topological polar surface area (TPSA) is 36.1 Å². The number of rotatable bonds is 4. The van der Waals surface area contributed by atoms with Crippen LogP contribution in [0.2, 0.25) is 0 Å². The third-order valence-electron chi connectivity index (χ3n) is 5.13. The first-order valence-electron chi connectivity index (χ1n) is 8.80. The van der Waals surface area contributed by atoms with Crippen LogP contribution in [0.4, 0.5) is 0 Å². The Hall–Kier alpha value is -2.81. The fourth-order valence-corrected chi connectivity index (χ4v) is 3.75. The van der Waals surface area contributed by atoms with E-state index in [1.807, 2.05) is 29.2 Å². The number of benzene rings is 2. The Morgan fingerprint density at radius 3 is 2.84 bits per heavy atom. The molecule has 1 fully saturated rings. The van der Waals surface area contributed by atoms with Crippen LogP contribution in [0.1, 0.15) is 35.4 Å². The van der Waals surface area contributed by atoms with Crippen LogP contribution in [-0.4, -0.2) is 22.3 Å². The number of piperidine rings is 1. The minimum absolute atomic E-state index is 0.256. The predicted molar refractivity (Wildman–Crippen MR) is 102 cm³/mol. The van der Waals surface area contributed by atoms with Gasteiger partial charge in [-0.1, -0.05) is 49.1 Å². The first kappa shape index (κ1) is 15.7.